The minimum atomic E-state index is -0.909. The molecule has 0 saturated heterocycles. The molecule has 6 nitrogen and oxygen atoms in total. The van der Waals surface area contributed by atoms with Crippen molar-refractivity contribution < 1.29 is 19.1 Å². The van der Waals surface area contributed by atoms with Gasteiger partial charge in [-0.2, -0.15) is 0 Å². The SMILES string of the molecule is CC(=O)CCc1ccc(OCC(=O)NC(N)=O)cc1. The van der Waals surface area contributed by atoms with Gasteiger partial charge < -0.3 is 15.3 Å². The summed E-state index contributed by atoms with van der Waals surface area (Å²) in [7, 11) is 0. The number of Topliss-reactive ketones (excluding diaryl/α,β-unsaturated/α-hetero) is 1. The van der Waals surface area contributed by atoms with Crippen LogP contribution in [0.1, 0.15) is 18.9 Å². The Morgan fingerprint density at radius 3 is 2.37 bits per heavy atom. The number of urea groups is 1. The Morgan fingerprint density at radius 2 is 1.84 bits per heavy atom. The Bertz CT molecular complexity index is 468. The number of aryl methyl sites for hydroxylation is 1. The van der Waals surface area contributed by atoms with Crippen molar-refractivity contribution >= 4 is 17.7 Å². The minimum Gasteiger partial charge on any atom is -0.484 e. The fourth-order valence-corrected chi connectivity index (χ4v) is 1.40. The van der Waals surface area contributed by atoms with Gasteiger partial charge in [-0.3, -0.25) is 10.1 Å². The average molecular weight is 264 g/mol. The molecule has 3 amide bonds. The number of imide groups is 1. The molecule has 0 aromatic heterocycles. The molecule has 19 heavy (non-hydrogen) atoms. The van der Waals surface area contributed by atoms with E-state index < -0.39 is 11.9 Å². The van der Waals surface area contributed by atoms with E-state index in [0.29, 0.717) is 18.6 Å². The van der Waals surface area contributed by atoms with Crippen molar-refractivity contribution in [3.63, 3.8) is 0 Å². The number of hydrogen-bond acceptors (Lipinski definition) is 4. The molecule has 0 aliphatic carbocycles. The first-order valence-electron chi connectivity index (χ1n) is 5.78. The average Bonchev–Trinajstić information content (AvgIpc) is 2.34. The van der Waals surface area contributed by atoms with Crippen molar-refractivity contribution in [2.24, 2.45) is 5.73 Å². The molecule has 0 aliphatic rings. The van der Waals surface area contributed by atoms with Crippen LogP contribution in [0.3, 0.4) is 0 Å². The Morgan fingerprint density at radius 1 is 1.21 bits per heavy atom. The first-order chi connectivity index (χ1) is 8.97. The van der Waals surface area contributed by atoms with Crippen LogP contribution >= 0.6 is 0 Å². The quantitative estimate of drug-likeness (QED) is 0.793. The van der Waals surface area contributed by atoms with E-state index in [1.54, 1.807) is 19.1 Å². The molecule has 1 aromatic carbocycles. The van der Waals surface area contributed by atoms with Gasteiger partial charge in [-0.1, -0.05) is 12.1 Å². The zero-order valence-electron chi connectivity index (χ0n) is 10.6. The molecule has 0 fully saturated rings. The summed E-state index contributed by atoms with van der Waals surface area (Å²) in [6, 6.07) is 6.14. The lowest BCUT2D eigenvalue weighted by molar-refractivity contribution is -0.122. The largest absolute Gasteiger partial charge is 0.484 e. The normalized spacial score (nSPS) is 9.74. The highest BCUT2D eigenvalue weighted by Crippen LogP contribution is 2.13. The van der Waals surface area contributed by atoms with Gasteiger partial charge in [-0.05, 0) is 31.0 Å². The Hall–Kier alpha value is -2.37. The number of carbonyl (C=O) groups is 3. The third kappa shape index (κ3) is 6.21. The highest BCUT2D eigenvalue weighted by molar-refractivity contribution is 5.94. The topological polar surface area (TPSA) is 98.5 Å². The molecular weight excluding hydrogens is 248 g/mol. The summed E-state index contributed by atoms with van der Waals surface area (Å²) in [5, 5.41) is 1.89. The van der Waals surface area contributed by atoms with Crippen molar-refractivity contribution in [1.82, 2.24) is 5.32 Å². The number of carbonyl (C=O) groups excluding carboxylic acids is 3. The van der Waals surface area contributed by atoms with Crippen LogP contribution in [0.15, 0.2) is 24.3 Å². The van der Waals surface area contributed by atoms with Crippen molar-refractivity contribution in [3.8, 4) is 5.75 Å². The van der Waals surface area contributed by atoms with Crippen LogP contribution in [0.25, 0.3) is 0 Å². The van der Waals surface area contributed by atoms with Crippen LogP contribution in [0.4, 0.5) is 4.79 Å². The molecule has 0 spiro atoms. The molecule has 6 heteroatoms. The van der Waals surface area contributed by atoms with Crippen LogP contribution in [0.2, 0.25) is 0 Å². The number of benzene rings is 1. The molecular formula is C13H16N2O4. The summed E-state index contributed by atoms with van der Waals surface area (Å²) in [5.41, 5.74) is 5.80. The molecule has 0 saturated carbocycles. The van der Waals surface area contributed by atoms with Gasteiger partial charge in [0.2, 0.25) is 0 Å². The zero-order valence-corrected chi connectivity index (χ0v) is 10.6. The number of ketones is 1. The van der Waals surface area contributed by atoms with Gasteiger partial charge >= 0.3 is 6.03 Å². The molecule has 0 heterocycles. The van der Waals surface area contributed by atoms with Gasteiger partial charge in [0.25, 0.3) is 5.91 Å². The smallest absolute Gasteiger partial charge is 0.318 e. The lowest BCUT2D eigenvalue weighted by Crippen LogP contribution is -2.38. The first kappa shape index (κ1) is 14.7. The summed E-state index contributed by atoms with van der Waals surface area (Å²) in [6.07, 6.45) is 1.18. The van der Waals surface area contributed by atoms with Crippen LogP contribution in [0, 0.1) is 0 Å². The number of amides is 3. The highest BCUT2D eigenvalue weighted by Gasteiger charge is 2.05. The summed E-state index contributed by atoms with van der Waals surface area (Å²) in [5.74, 6) is 0.0443. The number of hydrogen-bond donors (Lipinski definition) is 2. The zero-order chi connectivity index (χ0) is 14.3. The van der Waals surface area contributed by atoms with Gasteiger partial charge in [0.05, 0.1) is 0 Å². The van der Waals surface area contributed by atoms with Gasteiger partial charge in [0.1, 0.15) is 11.5 Å². The van der Waals surface area contributed by atoms with E-state index in [1.807, 2.05) is 17.4 Å². The second-order valence-corrected chi connectivity index (χ2v) is 4.05. The predicted octanol–water partition coefficient (Wildman–Crippen LogP) is 0.782. The number of nitrogens with two attached hydrogens (primary N) is 1. The van der Waals surface area contributed by atoms with Crippen molar-refractivity contribution in [2.75, 3.05) is 6.61 Å². The minimum absolute atomic E-state index is 0.142. The Balaban J connectivity index is 2.41. The van der Waals surface area contributed by atoms with E-state index >= 15 is 0 Å². The van der Waals surface area contributed by atoms with Crippen LogP contribution in [0.5, 0.6) is 5.75 Å². The maximum absolute atomic E-state index is 11.1. The Labute approximate surface area is 110 Å². The summed E-state index contributed by atoms with van der Waals surface area (Å²) >= 11 is 0. The molecule has 102 valence electrons. The maximum atomic E-state index is 11.1. The summed E-state index contributed by atoms with van der Waals surface area (Å²) < 4.78 is 5.16. The number of primary amides is 1. The molecule has 1 rings (SSSR count). The molecule has 0 radical (unpaired) electrons. The molecule has 0 unspecified atom stereocenters. The first-order valence-corrected chi connectivity index (χ1v) is 5.78. The van der Waals surface area contributed by atoms with Crippen LogP contribution in [-0.2, 0) is 16.0 Å². The van der Waals surface area contributed by atoms with E-state index in [-0.39, 0.29) is 12.4 Å². The van der Waals surface area contributed by atoms with Crippen LogP contribution in [-0.4, -0.2) is 24.3 Å². The van der Waals surface area contributed by atoms with Gasteiger partial charge in [0, 0.05) is 6.42 Å². The molecule has 0 aliphatic heterocycles. The standard InChI is InChI=1S/C13H16N2O4/c1-9(16)2-3-10-4-6-11(7-5-10)19-8-12(17)15-13(14)18/h4-7H,2-3,8H2,1H3,(H3,14,15,17,18). The fraction of sp³-hybridized carbons (Fsp3) is 0.308. The molecule has 3 N–H and O–H groups in total. The second kappa shape index (κ2) is 7.15. The third-order valence-corrected chi connectivity index (χ3v) is 2.32. The van der Waals surface area contributed by atoms with E-state index in [1.165, 1.54) is 0 Å². The maximum Gasteiger partial charge on any atom is 0.318 e. The Kier molecular flexibility index (Phi) is 5.53. The van der Waals surface area contributed by atoms with E-state index in [2.05, 4.69) is 0 Å². The molecule has 0 bridgehead atoms. The third-order valence-electron chi connectivity index (χ3n) is 2.32. The van der Waals surface area contributed by atoms with Crippen LogP contribution < -0.4 is 15.8 Å². The second-order valence-electron chi connectivity index (χ2n) is 4.05. The molecule has 0 atom stereocenters. The number of ether oxygens (including phenoxy) is 1. The lowest BCUT2D eigenvalue weighted by Gasteiger charge is -2.06. The van der Waals surface area contributed by atoms with Crippen molar-refractivity contribution in [1.29, 1.82) is 0 Å². The predicted molar refractivity (Wildman–Crippen MR) is 68.7 cm³/mol. The summed E-state index contributed by atoms with van der Waals surface area (Å²) in [6.45, 7) is 1.27. The summed E-state index contributed by atoms with van der Waals surface area (Å²) in [4.78, 5) is 32.3. The lowest BCUT2D eigenvalue weighted by atomic mass is 10.1. The van der Waals surface area contributed by atoms with E-state index in [0.717, 1.165) is 5.56 Å². The van der Waals surface area contributed by atoms with E-state index in [4.69, 9.17) is 10.5 Å². The van der Waals surface area contributed by atoms with Gasteiger partial charge in [-0.25, -0.2) is 4.79 Å². The van der Waals surface area contributed by atoms with E-state index in [9.17, 15) is 14.4 Å². The van der Waals surface area contributed by atoms with Gasteiger partial charge in [0.15, 0.2) is 6.61 Å². The fourth-order valence-electron chi connectivity index (χ4n) is 1.40. The molecule has 1 aromatic rings. The number of rotatable bonds is 6. The monoisotopic (exact) mass is 264 g/mol. The highest BCUT2D eigenvalue weighted by atomic mass is 16.5. The van der Waals surface area contributed by atoms with Crippen molar-refractivity contribution in [3.05, 3.63) is 29.8 Å². The van der Waals surface area contributed by atoms with Gasteiger partial charge in [-0.15, -0.1) is 0 Å². The number of nitrogens with one attached hydrogen (secondary N) is 1. The van der Waals surface area contributed by atoms with Crippen molar-refractivity contribution in [2.45, 2.75) is 19.8 Å².